The third-order valence-corrected chi connectivity index (χ3v) is 6.73. The first-order chi connectivity index (χ1) is 16.9. The van der Waals surface area contributed by atoms with Crippen molar-refractivity contribution < 1.29 is 24.2 Å². The summed E-state index contributed by atoms with van der Waals surface area (Å²) in [6.07, 6.45) is 1.84. The van der Waals surface area contributed by atoms with Crippen molar-refractivity contribution in [2.75, 3.05) is 25.0 Å². The second-order valence-corrected chi connectivity index (χ2v) is 9.38. The van der Waals surface area contributed by atoms with Crippen molar-refractivity contribution in [3.63, 3.8) is 0 Å². The molecular formula is C26H32N4O5. The number of aryl methyl sites for hydroxylation is 1. The molecule has 1 saturated heterocycles. The van der Waals surface area contributed by atoms with Gasteiger partial charge in [-0.15, -0.1) is 0 Å². The van der Waals surface area contributed by atoms with Crippen molar-refractivity contribution in [1.82, 2.24) is 15.2 Å². The number of carboxylic acids is 1. The van der Waals surface area contributed by atoms with Crippen LogP contribution in [-0.4, -0.2) is 58.6 Å². The van der Waals surface area contributed by atoms with Gasteiger partial charge in [-0.1, -0.05) is 43.3 Å². The molecule has 2 aromatic rings. The second kappa shape index (κ2) is 11.2. The van der Waals surface area contributed by atoms with Gasteiger partial charge in [0, 0.05) is 25.3 Å². The lowest BCUT2D eigenvalue weighted by molar-refractivity contribution is -0.146. The standard InChI is InChI=1S/C26H32N4O5/c1-17(12-21-10-9-19-8-5-11-27-24(19)28-21)20-14-30(15-20)23(31)13-22(25(32)33)29-26(34)35-16-18-6-3-2-4-7-18/h2-4,6-7,9-10,17,20,22H,5,8,11-16H2,1H3,(H,27,28)(H,29,34)(H,32,33)/t17?,22-/m0/s1. The summed E-state index contributed by atoms with van der Waals surface area (Å²) in [5, 5.41) is 15.1. The largest absolute Gasteiger partial charge is 0.480 e. The second-order valence-electron chi connectivity index (χ2n) is 9.38. The summed E-state index contributed by atoms with van der Waals surface area (Å²) < 4.78 is 5.08. The van der Waals surface area contributed by atoms with Gasteiger partial charge in [0.05, 0.1) is 6.42 Å². The maximum atomic E-state index is 12.6. The molecule has 1 aromatic heterocycles. The quantitative estimate of drug-likeness (QED) is 0.505. The maximum Gasteiger partial charge on any atom is 0.408 e. The van der Waals surface area contributed by atoms with Crippen LogP contribution in [0.4, 0.5) is 10.6 Å². The van der Waals surface area contributed by atoms with Crippen molar-refractivity contribution in [1.29, 1.82) is 0 Å². The van der Waals surface area contributed by atoms with Crippen molar-refractivity contribution in [3.05, 3.63) is 59.3 Å². The number of alkyl carbamates (subject to hydrolysis) is 1. The van der Waals surface area contributed by atoms with Crippen LogP contribution < -0.4 is 10.6 Å². The lowest BCUT2D eigenvalue weighted by atomic mass is 9.83. The van der Waals surface area contributed by atoms with E-state index in [0.717, 1.165) is 42.9 Å². The molecule has 3 heterocycles. The van der Waals surface area contributed by atoms with Gasteiger partial charge in [0.15, 0.2) is 0 Å². The Morgan fingerprint density at radius 3 is 2.71 bits per heavy atom. The number of aromatic nitrogens is 1. The topological polar surface area (TPSA) is 121 Å². The van der Waals surface area contributed by atoms with Gasteiger partial charge < -0.3 is 25.4 Å². The van der Waals surface area contributed by atoms with Gasteiger partial charge in [-0.05, 0) is 48.3 Å². The molecule has 1 aromatic carbocycles. The van der Waals surface area contributed by atoms with Crippen molar-refractivity contribution in [3.8, 4) is 0 Å². The third-order valence-electron chi connectivity index (χ3n) is 6.73. The zero-order valence-electron chi connectivity index (χ0n) is 19.9. The van der Waals surface area contributed by atoms with E-state index in [1.807, 2.05) is 18.2 Å². The van der Waals surface area contributed by atoms with Crippen LogP contribution in [0.5, 0.6) is 0 Å². The number of anilines is 1. The zero-order chi connectivity index (χ0) is 24.8. The average Bonchev–Trinajstić information content (AvgIpc) is 2.82. The monoisotopic (exact) mass is 480 g/mol. The molecule has 3 N–H and O–H groups in total. The highest BCUT2D eigenvalue weighted by atomic mass is 16.5. The summed E-state index contributed by atoms with van der Waals surface area (Å²) in [7, 11) is 0. The van der Waals surface area contributed by atoms with Gasteiger partial charge in [-0.2, -0.15) is 0 Å². The Morgan fingerprint density at radius 2 is 1.97 bits per heavy atom. The number of ether oxygens (including phenoxy) is 1. The van der Waals surface area contributed by atoms with Crippen molar-refractivity contribution in [2.45, 2.75) is 45.3 Å². The predicted octanol–water partition coefficient (Wildman–Crippen LogP) is 2.85. The van der Waals surface area contributed by atoms with Crippen LogP contribution >= 0.6 is 0 Å². The van der Waals surface area contributed by atoms with Crippen LogP contribution in [-0.2, 0) is 33.8 Å². The summed E-state index contributed by atoms with van der Waals surface area (Å²) in [5.41, 5.74) is 3.09. The highest BCUT2D eigenvalue weighted by Gasteiger charge is 2.36. The van der Waals surface area contributed by atoms with Gasteiger partial charge in [-0.3, -0.25) is 4.79 Å². The first-order valence-corrected chi connectivity index (χ1v) is 12.1. The number of aliphatic carboxylic acids is 1. The van der Waals surface area contributed by atoms with E-state index in [0.29, 0.717) is 24.9 Å². The van der Waals surface area contributed by atoms with E-state index in [2.05, 4.69) is 29.7 Å². The number of carboxylic acid groups (broad SMARTS) is 1. The Bertz CT molecular complexity index is 1050. The van der Waals surface area contributed by atoms with Gasteiger partial charge >= 0.3 is 12.1 Å². The molecule has 9 heteroatoms. The number of fused-ring (bicyclic) bond motifs is 1. The lowest BCUT2D eigenvalue weighted by Crippen LogP contribution is -2.54. The van der Waals surface area contributed by atoms with E-state index in [1.54, 1.807) is 17.0 Å². The minimum Gasteiger partial charge on any atom is -0.480 e. The lowest BCUT2D eigenvalue weighted by Gasteiger charge is -2.43. The zero-order valence-corrected chi connectivity index (χ0v) is 19.9. The summed E-state index contributed by atoms with van der Waals surface area (Å²) in [4.78, 5) is 42.7. The molecule has 2 aliphatic rings. The first kappa shape index (κ1) is 24.5. The number of pyridine rings is 1. The molecule has 4 rings (SSSR count). The van der Waals surface area contributed by atoms with E-state index in [4.69, 9.17) is 9.72 Å². The molecule has 0 aliphatic carbocycles. The Labute approximate surface area is 204 Å². The first-order valence-electron chi connectivity index (χ1n) is 12.1. The van der Waals surface area contributed by atoms with E-state index < -0.39 is 18.1 Å². The number of amides is 2. The number of carbonyl (C=O) groups excluding carboxylic acids is 2. The SMILES string of the molecule is CC(Cc1ccc2c(n1)NCCC2)C1CN(C(=O)C[C@H](NC(=O)OCc2ccccc2)C(=O)O)C1. The molecule has 2 amide bonds. The van der Waals surface area contributed by atoms with Crippen LogP contribution in [0.3, 0.4) is 0 Å². The fraction of sp³-hybridized carbons (Fsp3) is 0.462. The molecule has 9 nitrogen and oxygen atoms in total. The molecule has 0 radical (unpaired) electrons. The maximum absolute atomic E-state index is 12.6. The molecular weight excluding hydrogens is 448 g/mol. The van der Waals surface area contributed by atoms with Crippen LogP contribution in [0.1, 0.15) is 36.6 Å². The fourth-order valence-electron chi connectivity index (χ4n) is 4.47. The minimum atomic E-state index is -1.34. The van der Waals surface area contributed by atoms with Crippen molar-refractivity contribution in [2.24, 2.45) is 11.8 Å². The number of carbonyl (C=O) groups is 3. The van der Waals surface area contributed by atoms with Crippen molar-refractivity contribution >= 4 is 23.8 Å². The molecule has 1 fully saturated rings. The number of nitrogens with one attached hydrogen (secondary N) is 2. The number of rotatable bonds is 9. The normalized spacial score (nSPS) is 16.8. The molecule has 0 saturated carbocycles. The Kier molecular flexibility index (Phi) is 7.84. The average molecular weight is 481 g/mol. The molecule has 2 aliphatic heterocycles. The van der Waals surface area contributed by atoms with E-state index in [-0.39, 0.29) is 18.9 Å². The van der Waals surface area contributed by atoms with Gasteiger partial charge in [0.2, 0.25) is 5.91 Å². The highest BCUT2D eigenvalue weighted by Crippen LogP contribution is 2.28. The Morgan fingerprint density at radius 1 is 1.20 bits per heavy atom. The smallest absolute Gasteiger partial charge is 0.408 e. The van der Waals surface area contributed by atoms with Gasteiger partial charge in [0.25, 0.3) is 0 Å². The predicted molar refractivity (Wildman–Crippen MR) is 130 cm³/mol. The van der Waals surface area contributed by atoms with Gasteiger partial charge in [0.1, 0.15) is 18.5 Å². The molecule has 1 unspecified atom stereocenters. The third kappa shape index (κ3) is 6.49. The summed E-state index contributed by atoms with van der Waals surface area (Å²) in [6.45, 7) is 4.29. The Balaban J connectivity index is 1.21. The van der Waals surface area contributed by atoms with E-state index in [9.17, 15) is 19.5 Å². The number of benzene rings is 1. The minimum absolute atomic E-state index is 0.0216. The number of likely N-dealkylation sites (tertiary alicyclic amines) is 1. The summed E-state index contributed by atoms with van der Waals surface area (Å²) in [5.74, 6) is 0.0973. The molecule has 0 bridgehead atoms. The summed E-state index contributed by atoms with van der Waals surface area (Å²) in [6, 6.07) is 12.0. The number of nitrogens with zero attached hydrogens (tertiary/aromatic N) is 2. The van der Waals surface area contributed by atoms with Gasteiger partial charge in [-0.25, -0.2) is 14.6 Å². The number of hydrogen-bond donors (Lipinski definition) is 3. The molecule has 186 valence electrons. The molecule has 2 atom stereocenters. The molecule has 0 spiro atoms. The van der Waals surface area contributed by atoms with Crippen LogP contribution in [0.2, 0.25) is 0 Å². The van der Waals surface area contributed by atoms with E-state index in [1.165, 1.54) is 5.56 Å². The van der Waals surface area contributed by atoms with E-state index >= 15 is 0 Å². The number of hydrogen-bond acceptors (Lipinski definition) is 6. The fourth-order valence-corrected chi connectivity index (χ4v) is 4.47. The summed E-state index contributed by atoms with van der Waals surface area (Å²) >= 11 is 0. The highest BCUT2D eigenvalue weighted by molar-refractivity contribution is 5.87. The van der Waals surface area contributed by atoms with Crippen LogP contribution in [0.15, 0.2) is 42.5 Å². The Hall–Kier alpha value is -3.62. The van der Waals surface area contributed by atoms with Crippen LogP contribution in [0, 0.1) is 11.8 Å². The molecule has 35 heavy (non-hydrogen) atoms. The van der Waals surface area contributed by atoms with Crippen LogP contribution in [0.25, 0.3) is 0 Å².